The van der Waals surface area contributed by atoms with Gasteiger partial charge in [0.05, 0.1) is 12.1 Å². The molecule has 20 heavy (non-hydrogen) atoms. The summed E-state index contributed by atoms with van der Waals surface area (Å²) in [6.45, 7) is 4.05. The molecule has 0 aliphatic carbocycles. The third-order valence-corrected chi connectivity index (χ3v) is 3.74. The SMILES string of the molecule is CC[C@@H](C)NC(=O)Cc1csc(Nc2ccccc2)n1. The van der Waals surface area contributed by atoms with E-state index < -0.39 is 0 Å². The van der Waals surface area contributed by atoms with E-state index in [1.807, 2.05) is 42.6 Å². The van der Waals surface area contributed by atoms with E-state index in [0.29, 0.717) is 6.42 Å². The number of aromatic nitrogens is 1. The van der Waals surface area contributed by atoms with Crippen LogP contribution in [0.1, 0.15) is 26.0 Å². The Labute approximate surface area is 123 Å². The smallest absolute Gasteiger partial charge is 0.226 e. The van der Waals surface area contributed by atoms with Gasteiger partial charge in [0.2, 0.25) is 5.91 Å². The quantitative estimate of drug-likeness (QED) is 0.857. The molecule has 1 amide bonds. The second-order valence-corrected chi connectivity index (χ2v) is 5.55. The van der Waals surface area contributed by atoms with Crippen molar-refractivity contribution in [2.45, 2.75) is 32.7 Å². The summed E-state index contributed by atoms with van der Waals surface area (Å²) in [4.78, 5) is 16.2. The molecule has 0 fully saturated rings. The number of anilines is 2. The van der Waals surface area contributed by atoms with Crippen molar-refractivity contribution in [1.82, 2.24) is 10.3 Å². The summed E-state index contributed by atoms with van der Waals surface area (Å²) in [6, 6.07) is 10.1. The Kier molecular flexibility index (Phi) is 5.12. The molecule has 0 aliphatic rings. The van der Waals surface area contributed by atoms with Gasteiger partial charge in [-0.3, -0.25) is 4.79 Å². The lowest BCUT2D eigenvalue weighted by molar-refractivity contribution is -0.121. The van der Waals surface area contributed by atoms with E-state index in [-0.39, 0.29) is 11.9 Å². The topological polar surface area (TPSA) is 54.0 Å². The number of nitrogens with one attached hydrogen (secondary N) is 2. The minimum absolute atomic E-state index is 0.0240. The molecule has 0 aliphatic heterocycles. The van der Waals surface area contributed by atoms with Gasteiger partial charge in [-0.05, 0) is 25.5 Å². The Morgan fingerprint density at radius 3 is 2.80 bits per heavy atom. The number of benzene rings is 1. The molecule has 1 aromatic heterocycles. The van der Waals surface area contributed by atoms with Gasteiger partial charge < -0.3 is 10.6 Å². The first kappa shape index (κ1) is 14.5. The van der Waals surface area contributed by atoms with Crippen LogP contribution < -0.4 is 10.6 Å². The highest BCUT2D eigenvalue weighted by atomic mass is 32.1. The van der Waals surface area contributed by atoms with Gasteiger partial charge in [-0.1, -0.05) is 25.1 Å². The third-order valence-electron chi connectivity index (χ3n) is 2.94. The number of para-hydroxylation sites is 1. The molecule has 0 spiro atoms. The van der Waals surface area contributed by atoms with Crippen LogP contribution in [0.15, 0.2) is 35.7 Å². The van der Waals surface area contributed by atoms with Gasteiger partial charge in [0.1, 0.15) is 0 Å². The van der Waals surface area contributed by atoms with Crippen LogP contribution in [-0.4, -0.2) is 16.9 Å². The molecular formula is C15H19N3OS. The molecule has 1 aromatic carbocycles. The van der Waals surface area contributed by atoms with Crippen LogP contribution in [0.5, 0.6) is 0 Å². The largest absolute Gasteiger partial charge is 0.353 e. The Hall–Kier alpha value is -1.88. The number of nitrogens with zero attached hydrogens (tertiary/aromatic N) is 1. The first-order valence-electron chi connectivity index (χ1n) is 6.73. The number of amides is 1. The lowest BCUT2D eigenvalue weighted by Gasteiger charge is -2.10. The van der Waals surface area contributed by atoms with Gasteiger partial charge >= 0.3 is 0 Å². The molecule has 4 nitrogen and oxygen atoms in total. The predicted octanol–water partition coefficient (Wildman–Crippen LogP) is 3.34. The monoisotopic (exact) mass is 289 g/mol. The molecule has 2 aromatic rings. The fourth-order valence-corrected chi connectivity index (χ4v) is 2.41. The molecule has 0 bridgehead atoms. The number of carbonyl (C=O) groups is 1. The summed E-state index contributed by atoms with van der Waals surface area (Å²) in [7, 11) is 0. The van der Waals surface area contributed by atoms with Gasteiger partial charge in [-0.2, -0.15) is 0 Å². The molecular weight excluding hydrogens is 270 g/mol. The molecule has 1 heterocycles. The van der Waals surface area contributed by atoms with Gasteiger partial charge in [0.15, 0.2) is 5.13 Å². The van der Waals surface area contributed by atoms with Crippen molar-refractivity contribution in [1.29, 1.82) is 0 Å². The minimum atomic E-state index is 0.0240. The highest BCUT2D eigenvalue weighted by Gasteiger charge is 2.09. The lowest BCUT2D eigenvalue weighted by Crippen LogP contribution is -2.33. The Bertz CT molecular complexity index is 553. The number of thiazole rings is 1. The van der Waals surface area contributed by atoms with Crippen LogP contribution in [-0.2, 0) is 11.2 Å². The van der Waals surface area contributed by atoms with E-state index >= 15 is 0 Å². The summed E-state index contributed by atoms with van der Waals surface area (Å²) in [6.07, 6.45) is 1.26. The predicted molar refractivity (Wildman–Crippen MR) is 83.4 cm³/mol. The van der Waals surface area contributed by atoms with Gasteiger partial charge in [0, 0.05) is 17.1 Å². The minimum Gasteiger partial charge on any atom is -0.353 e. The standard InChI is InChI=1S/C15H19N3OS/c1-3-11(2)16-14(19)9-13-10-20-15(18-13)17-12-7-5-4-6-8-12/h4-8,10-11H,3,9H2,1-2H3,(H,16,19)(H,17,18)/t11-/m1/s1. The first-order chi connectivity index (χ1) is 9.67. The Morgan fingerprint density at radius 2 is 2.10 bits per heavy atom. The normalized spacial score (nSPS) is 11.9. The lowest BCUT2D eigenvalue weighted by atomic mass is 10.2. The van der Waals surface area contributed by atoms with Gasteiger partial charge in [-0.15, -0.1) is 11.3 Å². The number of hydrogen-bond donors (Lipinski definition) is 2. The zero-order chi connectivity index (χ0) is 14.4. The summed E-state index contributed by atoms with van der Waals surface area (Å²) in [5.41, 5.74) is 1.80. The number of carbonyl (C=O) groups excluding carboxylic acids is 1. The highest BCUT2D eigenvalue weighted by molar-refractivity contribution is 7.13. The van der Waals surface area contributed by atoms with Crippen LogP contribution >= 0.6 is 11.3 Å². The van der Waals surface area contributed by atoms with Crippen LogP contribution in [0, 0.1) is 0 Å². The van der Waals surface area contributed by atoms with Crippen molar-refractivity contribution in [2.24, 2.45) is 0 Å². The average molecular weight is 289 g/mol. The highest BCUT2D eigenvalue weighted by Crippen LogP contribution is 2.20. The van der Waals surface area contributed by atoms with Crippen molar-refractivity contribution in [3.8, 4) is 0 Å². The van der Waals surface area contributed by atoms with E-state index in [4.69, 9.17) is 0 Å². The fourth-order valence-electron chi connectivity index (χ4n) is 1.68. The maximum absolute atomic E-state index is 11.8. The maximum atomic E-state index is 11.8. The molecule has 2 N–H and O–H groups in total. The van der Waals surface area contributed by atoms with E-state index in [0.717, 1.165) is 22.9 Å². The Morgan fingerprint density at radius 1 is 1.35 bits per heavy atom. The molecule has 0 unspecified atom stereocenters. The second-order valence-electron chi connectivity index (χ2n) is 4.69. The number of hydrogen-bond acceptors (Lipinski definition) is 4. The van der Waals surface area contributed by atoms with Crippen molar-refractivity contribution in [2.75, 3.05) is 5.32 Å². The Balaban J connectivity index is 1.91. The van der Waals surface area contributed by atoms with Crippen LogP contribution in [0.25, 0.3) is 0 Å². The fraction of sp³-hybridized carbons (Fsp3) is 0.333. The van der Waals surface area contributed by atoms with E-state index in [9.17, 15) is 4.79 Å². The molecule has 0 saturated heterocycles. The number of rotatable bonds is 6. The van der Waals surface area contributed by atoms with Crippen molar-refractivity contribution >= 4 is 28.1 Å². The van der Waals surface area contributed by atoms with Crippen molar-refractivity contribution < 1.29 is 4.79 Å². The zero-order valence-electron chi connectivity index (χ0n) is 11.7. The van der Waals surface area contributed by atoms with E-state index in [1.165, 1.54) is 11.3 Å². The van der Waals surface area contributed by atoms with Crippen LogP contribution in [0.4, 0.5) is 10.8 Å². The van der Waals surface area contributed by atoms with Crippen molar-refractivity contribution in [3.05, 3.63) is 41.4 Å². The molecule has 1 atom stereocenters. The first-order valence-corrected chi connectivity index (χ1v) is 7.61. The maximum Gasteiger partial charge on any atom is 0.226 e. The summed E-state index contributed by atoms with van der Waals surface area (Å²) in [5.74, 6) is 0.0240. The van der Waals surface area contributed by atoms with E-state index in [1.54, 1.807) is 0 Å². The molecule has 5 heteroatoms. The van der Waals surface area contributed by atoms with Crippen LogP contribution in [0.2, 0.25) is 0 Å². The summed E-state index contributed by atoms with van der Waals surface area (Å²) in [5, 5.41) is 8.89. The zero-order valence-corrected chi connectivity index (χ0v) is 12.5. The van der Waals surface area contributed by atoms with Crippen molar-refractivity contribution in [3.63, 3.8) is 0 Å². The molecule has 0 saturated carbocycles. The van der Waals surface area contributed by atoms with E-state index in [2.05, 4.69) is 22.5 Å². The summed E-state index contributed by atoms with van der Waals surface area (Å²) >= 11 is 1.51. The average Bonchev–Trinajstić information content (AvgIpc) is 2.86. The van der Waals surface area contributed by atoms with Gasteiger partial charge in [0.25, 0.3) is 0 Å². The molecule has 106 valence electrons. The van der Waals surface area contributed by atoms with Gasteiger partial charge in [-0.25, -0.2) is 4.98 Å². The van der Waals surface area contributed by atoms with Crippen LogP contribution in [0.3, 0.4) is 0 Å². The second kappa shape index (κ2) is 7.05. The third kappa shape index (κ3) is 4.35. The molecule has 2 rings (SSSR count). The summed E-state index contributed by atoms with van der Waals surface area (Å²) < 4.78 is 0. The molecule has 0 radical (unpaired) electrons.